The first-order valence-corrected chi connectivity index (χ1v) is 11.4. The second-order valence-corrected chi connectivity index (χ2v) is 10.8. The third kappa shape index (κ3) is 3.72. The number of allylic oxidation sites excluding steroid dienone is 1. The Hall–Kier alpha value is -1.13. The highest BCUT2D eigenvalue weighted by Crippen LogP contribution is 2.62. The monoisotopic (exact) mass is 421 g/mol. The van der Waals surface area contributed by atoms with Crippen molar-refractivity contribution in [2.45, 2.75) is 90.4 Å². The zero-order valence-corrected chi connectivity index (χ0v) is 19.3. The second-order valence-electron chi connectivity index (χ2n) is 10.5. The van der Waals surface area contributed by atoms with E-state index in [1.54, 1.807) is 6.08 Å². The average molecular weight is 422 g/mol. The molecule has 1 N–H and O–H groups in total. The normalized spacial score (nSPS) is 41.0. The summed E-state index contributed by atoms with van der Waals surface area (Å²) >= 11 is 5.78. The van der Waals surface area contributed by atoms with Gasteiger partial charge < -0.3 is 10.1 Å². The van der Waals surface area contributed by atoms with Gasteiger partial charge in [0.1, 0.15) is 11.4 Å². The molecule has 2 fully saturated rings. The minimum absolute atomic E-state index is 0.00703. The van der Waals surface area contributed by atoms with Crippen LogP contribution in [0.3, 0.4) is 0 Å². The number of fused-ring (bicyclic) bond motifs is 3. The molecule has 1 saturated heterocycles. The summed E-state index contributed by atoms with van der Waals surface area (Å²) in [5.74, 6) is 0.327. The highest BCUT2D eigenvalue weighted by Gasteiger charge is 2.64. The smallest absolute Gasteiger partial charge is 0.220 e. The standard InChI is InChI=1S/C24H36ClNO3/c1-7-22(4)15-16(27)20-23(5)12-9-11-21(2,3)17(23)14-18(24(20,6)29-22)26-19(28)10-8-13-25/h7,14,18,20H,1,8-13,15H2,2-6H3,(H,26,28)/t18-,20-,22+,23+,24-/m1/s1. The van der Waals surface area contributed by atoms with Crippen LogP contribution in [0.15, 0.2) is 24.3 Å². The number of ketones is 1. The lowest BCUT2D eigenvalue weighted by Crippen LogP contribution is -2.70. The predicted molar refractivity (Wildman–Crippen MR) is 117 cm³/mol. The number of amides is 1. The summed E-state index contributed by atoms with van der Waals surface area (Å²) < 4.78 is 6.66. The first-order valence-electron chi connectivity index (χ1n) is 10.9. The number of hydrogen-bond donors (Lipinski definition) is 1. The van der Waals surface area contributed by atoms with Gasteiger partial charge in [0.25, 0.3) is 0 Å². The molecule has 0 bridgehead atoms. The number of nitrogens with one attached hydrogen (secondary N) is 1. The molecule has 4 nitrogen and oxygen atoms in total. The Labute approximate surface area is 180 Å². The van der Waals surface area contributed by atoms with Crippen LogP contribution in [0.5, 0.6) is 0 Å². The molecule has 162 valence electrons. The van der Waals surface area contributed by atoms with Gasteiger partial charge in [-0.25, -0.2) is 0 Å². The lowest BCUT2D eigenvalue weighted by molar-refractivity contribution is -0.213. The molecule has 0 aromatic carbocycles. The van der Waals surface area contributed by atoms with Gasteiger partial charge in [0.05, 0.1) is 17.6 Å². The SMILES string of the molecule is C=C[C@@]1(C)CC(=O)[C@H]2[C@](C)(O1)[C@H](NC(=O)CCCCl)C=C1C(C)(C)CCC[C@@]12C. The van der Waals surface area contributed by atoms with Gasteiger partial charge in [0.15, 0.2) is 0 Å². The molecule has 0 aromatic rings. The fourth-order valence-corrected chi connectivity index (χ4v) is 6.49. The highest BCUT2D eigenvalue weighted by atomic mass is 35.5. The van der Waals surface area contributed by atoms with Gasteiger partial charge in [0.2, 0.25) is 5.91 Å². The molecule has 1 saturated carbocycles. The summed E-state index contributed by atoms with van der Waals surface area (Å²) in [7, 11) is 0. The number of hydrogen-bond acceptors (Lipinski definition) is 3. The molecule has 3 aliphatic rings. The van der Waals surface area contributed by atoms with Crippen molar-refractivity contribution < 1.29 is 14.3 Å². The lowest BCUT2D eigenvalue weighted by Gasteiger charge is -2.62. The predicted octanol–water partition coefficient (Wildman–Crippen LogP) is 4.96. The summed E-state index contributed by atoms with van der Waals surface area (Å²) in [5, 5.41) is 3.18. The van der Waals surface area contributed by atoms with Crippen LogP contribution in [0.2, 0.25) is 0 Å². The van der Waals surface area contributed by atoms with Gasteiger partial charge in [-0.1, -0.05) is 44.9 Å². The molecule has 5 atom stereocenters. The van der Waals surface area contributed by atoms with Crippen molar-refractivity contribution in [3.05, 3.63) is 24.3 Å². The first kappa shape index (κ1) is 22.6. The topological polar surface area (TPSA) is 55.4 Å². The van der Waals surface area contributed by atoms with Crippen molar-refractivity contribution in [3.63, 3.8) is 0 Å². The van der Waals surface area contributed by atoms with Crippen molar-refractivity contribution in [2.75, 3.05) is 5.88 Å². The van der Waals surface area contributed by atoms with E-state index < -0.39 is 11.2 Å². The van der Waals surface area contributed by atoms with Crippen molar-refractivity contribution in [3.8, 4) is 0 Å². The van der Waals surface area contributed by atoms with E-state index in [0.29, 0.717) is 25.1 Å². The molecule has 1 heterocycles. The number of carbonyl (C=O) groups excluding carboxylic acids is 2. The Bertz CT molecular complexity index is 744. The Morgan fingerprint density at radius 2 is 2.00 bits per heavy atom. The Morgan fingerprint density at radius 1 is 1.31 bits per heavy atom. The molecular formula is C24H36ClNO3. The molecule has 29 heavy (non-hydrogen) atoms. The zero-order valence-electron chi connectivity index (χ0n) is 18.6. The minimum Gasteiger partial charge on any atom is -0.361 e. The Balaban J connectivity index is 2.11. The van der Waals surface area contributed by atoms with Crippen LogP contribution in [0.25, 0.3) is 0 Å². The molecule has 0 aromatic heterocycles. The van der Waals surface area contributed by atoms with Crippen molar-refractivity contribution in [1.82, 2.24) is 5.32 Å². The largest absolute Gasteiger partial charge is 0.361 e. The van der Waals surface area contributed by atoms with E-state index >= 15 is 0 Å². The van der Waals surface area contributed by atoms with Crippen LogP contribution in [-0.2, 0) is 14.3 Å². The molecule has 2 aliphatic carbocycles. The van der Waals surface area contributed by atoms with Gasteiger partial charge in [-0.2, -0.15) is 0 Å². The van der Waals surface area contributed by atoms with E-state index in [1.807, 2.05) is 13.8 Å². The van der Waals surface area contributed by atoms with Crippen LogP contribution in [0.1, 0.15) is 73.1 Å². The Morgan fingerprint density at radius 3 is 2.62 bits per heavy atom. The molecule has 1 amide bonds. The first-order chi connectivity index (χ1) is 13.4. The molecular weight excluding hydrogens is 386 g/mol. The minimum atomic E-state index is -0.819. The van der Waals surface area contributed by atoms with Crippen LogP contribution in [0.4, 0.5) is 0 Å². The van der Waals surface area contributed by atoms with Crippen LogP contribution < -0.4 is 5.32 Å². The quantitative estimate of drug-likeness (QED) is 0.504. The molecule has 1 aliphatic heterocycles. The molecule has 0 radical (unpaired) electrons. The summed E-state index contributed by atoms with van der Waals surface area (Å²) in [6.07, 6.45) is 8.40. The van der Waals surface area contributed by atoms with E-state index in [1.165, 1.54) is 5.57 Å². The Kier molecular flexibility index (Phi) is 5.86. The molecule has 0 unspecified atom stereocenters. The number of alkyl halides is 1. The number of ether oxygens (including phenoxy) is 1. The average Bonchev–Trinajstić information content (AvgIpc) is 2.60. The van der Waals surface area contributed by atoms with Gasteiger partial charge in [-0.05, 0) is 38.5 Å². The maximum absolute atomic E-state index is 13.6. The highest BCUT2D eigenvalue weighted by molar-refractivity contribution is 6.17. The van der Waals surface area contributed by atoms with Crippen molar-refractivity contribution >= 4 is 23.3 Å². The molecule has 5 heteroatoms. The number of Topliss-reactive ketones (excluding diaryl/α,β-unsaturated/α-hetero) is 1. The number of halogens is 1. The van der Waals surface area contributed by atoms with Crippen molar-refractivity contribution in [1.29, 1.82) is 0 Å². The maximum Gasteiger partial charge on any atom is 0.220 e. The molecule has 3 rings (SSSR count). The summed E-state index contributed by atoms with van der Waals surface area (Å²) in [6, 6.07) is -0.362. The fourth-order valence-electron chi connectivity index (χ4n) is 6.36. The maximum atomic E-state index is 13.6. The van der Waals surface area contributed by atoms with Crippen LogP contribution in [-0.4, -0.2) is 34.8 Å². The van der Waals surface area contributed by atoms with E-state index in [-0.39, 0.29) is 34.5 Å². The van der Waals surface area contributed by atoms with Gasteiger partial charge in [0, 0.05) is 24.1 Å². The summed E-state index contributed by atoms with van der Waals surface area (Å²) in [6.45, 7) is 14.6. The van der Waals surface area contributed by atoms with Crippen LogP contribution in [0, 0.1) is 16.7 Å². The number of rotatable bonds is 5. The summed E-state index contributed by atoms with van der Waals surface area (Å²) in [5.41, 5.74) is -0.519. The zero-order chi connectivity index (χ0) is 21.7. The third-order valence-corrected chi connectivity index (χ3v) is 7.86. The summed E-state index contributed by atoms with van der Waals surface area (Å²) in [4.78, 5) is 26.2. The van der Waals surface area contributed by atoms with Gasteiger partial charge in [-0.15, -0.1) is 18.2 Å². The number of carbonyl (C=O) groups is 2. The van der Waals surface area contributed by atoms with E-state index in [9.17, 15) is 9.59 Å². The van der Waals surface area contributed by atoms with Crippen molar-refractivity contribution in [2.24, 2.45) is 16.7 Å². The third-order valence-electron chi connectivity index (χ3n) is 7.59. The lowest BCUT2D eigenvalue weighted by atomic mass is 9.47. The van der Waals surface area contributed by atoms with E-state index in [0.717, 1.165) is 19.3 Å². The van der Waals surface area contributed by atoms with Gasteiger partial charge >= 0.3 is 0 Å². The fraction of sp³-hybridized carbons (Fsp3) is 0.750. The van der Waals surface area contributed by atoms with Crippen LogP contribution >= 0.6 is 11.6 Å². The molecule has 0 spiro atoms. The second kappa shape index (κ2) is 7.53. The van der Waals surface area contributed by atoms with E-state index in [2.05, 4.69) is 38.7 Å². The van der Waals surface area contributed by atoms with Gasteiger partial charge in [-0.3, -0.25) is 9.59 Å². The van der Waals surface area contributed by atoms with E-state index in [4.69, 9.17) is 16.3 Å².